The lowest BCUT2D eigenvalue weighted by molar-refractivity contribution is -0.167. The molecule has 1 N–H and O–H groups in total. The topological polar surface area (TPSA) is 21.3 Å². The van der Waals surface area contributed by atoms with E-state index in [4.69, 9.17) is 0 Å². The minimum Gasteiger partial charge on any atom is -0.373 e. The Balaban J connectivity index is 2.14. The van der Waals surface area contributed by atoms with Gasteiger partial charge in [0.05, 0.1) is 6.61 Å². The van der Waals surface area contributed by atoms with E-state index in [1.807, 2.05) is 0 Å². The highest BCUT2D eigenvalue weighted by Crippen LogP contribution is 2.23. The summed E-state index contributed by atoms with van der Waals surface area (Å²) in [7, 11) is 0. The number of alkyl halides is 4. The zero-order valence-electron chi connectivity index (χ0n) is 8.32. The van der Waals surface area contributed by atoms with Crippen molar-refractivity contribution >= 4 is 0 Å². The zero-order chi connectivity index (χ0) is 11.3. The van der Waals surface area contributed by atoms with Crippen molar-refractivity contribution in [1.82, 2.24) is 5.32 Å². The van der Waals surface area contributed by atoms with Gasteiger partial charge in [-0.15, -0.1) is 0 Å². The summed E-state index contributed by atoms with van der Waals surface area (Å²) in [5.74, 6) is -4.03. The van der Waals surface area contributed by atoms with Crippen LogP contribution in [0.2, 0.25) is 0 Å². The van der Waals surface area contributed by atoms with Crippen molar-refractivity contribution in [2.24, 2.45) is 0 Å². The Kier molecular flexibility index (Phi) is 4.79. The van der Waals surface area contributed by atoms with Crippen LogP contribution in [0.25, 0.3) is 0 Å². The molecule has 0 saturated carbocycles. The molecule has 90 valence electrons. The van der Waals surface area contributed by atoms with Gasteiger partial charge in [-0.1, -0.05) is 6.42 Å². The van der Waals surface area contributed by atoms with E-state index in [1.165, 1.54) is 0 Å². The average molecular weight is 229 g/mol. The SMILES string of the molecule is FC(F)C(F)(F)COCC1CCCCN1. The predicted molar refractivity (Wildman–Crippen MR) is 47.4 cm³/mol. The maximum atomic E-state index is 12.4. The van der Waals surface area contributed by atoms with Crippen molar-refractivity contribution in [3.8, 4) is 0 Å². The molecular weight excluding hydrogens is 214 g/mol. The highest BCUT2D eigenvalue weighted by molar-refractivity contribution is 4.73. The molecule has 1 unspecified atom stereocenters. The molecule has 2 nitrogen and oxygen atoms in total. The van der Waals surface area contributed by atoms with E-state index < -0.39 is 19.0 Å². The third-order valence-electron chi connectivity index (χ3n) is 2.35. The van der Waals surface area contributed by atoms with E-state index in [2.05, 4.69) is 10.1 Å². The minimum atomic E-state index is -4.03. The number of piperidine rings is 1. The Morgan fingerprint density at radius 2 is 2.07 bits per heavy atom. The molecule has 1 fully saturated rings. The van der Waals surface area contributed by atoms with E-state index in [1.54, 1.807) is 0 Å². The van der Waals surface area contributed by atoms with Crippen LogP contribution in [-0.2, 0) is 4.74 Å². The van der Waals surface area contributed by atoms with Gasteiger partial charge in [0.2, 0.25) is 0 Å². The molecule has 0 aliphatic carbocycles. The molecular formula is C9H15F4NO. The van der Waals surface area contributed by atoms with Crippen molar-refractivity contribution < 1.29 is 22.3 Å². The van der Waals surface area contributed by atoms with Crippen molar-refractivity contribution in [1.29, 1.82) is 0 Å². The van der Waals surface area contributed by atoms with Gasteiger partial charge >= 0.3 is 12.3 Å². The highest BCUT2D eigenvalue weighted by atomic mass is 19.3. The minimum absolute atomic E-state index is 0.0206. The predicted octanol–water partition coefficient (Wildman–Crippen LogP) is 2.05. The van der Waals surface area contributed by atoms with E-state index in [-0.39, 0.29) is 12.6 Å². The first kappa shape index (κ1) is 12.7. The molecule has 1 rings (SSSR count). The molecule has 0 aromatic rings. The summed E-state index contributed by atoms with van der Waals surface area (Å²) in [6, 6.07) is 0.0206. The molecule has 0 aromatic heterocycles. The lowest BCUT2D eigenvalue weighted by atomic mass is 10.1. The van der Waals surface area contributed by atoms with E-state index in [9.17, 15) is 17.6 Å². The Morgan fingerprint density at radius 1 is 1.33 bits per heavy atom. The number of ether oxygens (including phenoxy) is 1. The molecule has 0 bridgehead atoms. The number of hydrogen-bond acceptors (Lipinski definition) is 2. The summed E-state index contributed by atoms with van der Waals surface area (Å²) in [6.07, 6.45) is -0.729. The van der Waals surface area contributed by atoms with Crippen LogP contribution in [0, 0.1) is 0 Å². The molecule has 15 heavy (non-hydrogen) atoms. The zero-order valence-corrected chi connectivity index (χ0v) is 8.32. The Hall–Kier alpha value is -0.360. The molecule has 1 aliphatic heterocycles. The molecule has 0 spiro atoms. The summed E-state index contributed by atoms with van der Waals surface area (Å²) in [5, 5.41) is 3.08. The first-order valence-electron chi connectivity index (χ1n) is 4.99. The fourth-order valence-electron chi connectivity index (χ4n) is 1.47. The van der Waals surface area contributed by atoms with E-state index >= 15 is 0 Å². The number of nitrogens with one attached hydrogen (secondary N) is 1. The number of halogens is 4. The second-order valence-electron chi connectivity index (χ2n) is 3.72. The van der Waals surface area contributed by atoms with Crippen LogP contribution in [0.15, 0.2) is 0 Å². The molecule has 6 heteroatoms. The second kappa shape index (κ2) is 5.65. The largest absolute Gasteiger partial charge is 0.373 e. The molecule has 1 saturated heterocycles. The van der Waals surface area contributed by atoms with Gasteiger partial charge in [0.1, 0.15) is 6.61 Å². The molecule has 1 aliphatic rings. The van der Waals surface area contributed by atoms with Crippen molar-refractivity contribution in [3.05, 3.63) is 0 Å². The number of rotatable bonds is 5. The highest BCUT2D eigenvalue weighted by Gasteiger charge is 2.41. The second-order valence-corrected chi connectivity index (χ2v) is 3.72. The van der Waals surface area contributed by atoms with Gasteiger partial charge in [-0.2, -0.15) is 8.78 Å². The molecule has 1 heterocycles. The number of hydrogen-bond donors (Lipinski definition) is 1. The van der Waals surface area contributed by atoms with Gasteiger partial charge in [-0.05, 0) is 19.4 Å². The summed E-state index contributed by atoms with van der Waals surface area (Å²) in [5.41, 5.74) is 0. The Bertz CT molecular complexity index is 183. The lowest BCUT2D eigenvalue weighted by Gasteiger charge is -2.24. The quantitative estimate of drug-likeness (QED) is 0.728. The molecule has 1 atom stereocenters. The van der Waals surface area contributed by atoms with Crippen LogP contribution in [-0.4, -0.2) is 38.1 Å². The van der Waals surface area contributed by atoms with Crippen LogP contribution in [0.4, 0.5) is 17.6 Å². The fraction of sp³-hybridized carbons (Fsp3) is 1.00. The van der Waals surface area contributed by atoms with Crippen molar-refractivity contribution in [2.75, 3.05) is 19.8 Å². The lowest BCUT2D eigenvalue weighted by Crippen LogP contribution is -2.40. The van der Waals surface area contributed by atoms with Crippen LogP contribution in [0.5, 0.6) is 0 Å². The van der Waals surface area contributed by atoms with Gasteiger partial charge in [-0.3, -0.25) is 0 Å². The van der Waals surface area contributed by atoms with Crippen LogP contribution >= 0.6 is 0 Å². The maximum absolute atomic E-state index is 12.4. The first-order valence-corrected chi connectivity index (χ1v) is 4.99. The monoisotopic (exact) mass is 229 g/mol. The summed E-state index contributed by atoms with van der Waals surface area (Å²) >= 11 is 0. The van der Waals surface area contributed by atoms with Crippen LogP contribution < -0.4 is 5.32 Å². The summed E-state index contributed by atoms with van der Waals surface area (Å²) in [6.45, 7) is -0.301. The van der Waals surface area contributed by atoms with Gasteiger partial charge in [-0.25, -0.2) is 8.78 Å². The van der Waals surface area contributed by atoms with E-state index in [0.29, 0.717) is 0 Å². The first-order chi connectivity index (χ1) is 7.02. The van der Waals surface area contributed by atoms with Crippen molar-refractivity contribution in [3.63, 3.8) is 0 Å². The molecule has 0 aromatic carbocycles. The average Bonchev–Trinajstić information content (AvgIpc) is 2.19. The fourth-order valence-corrected chi connectivity index (χ4v) is 1.47. The summed E-state index contributed by atoms with van der Waals surface area (Å²) in [4.78, 5) is 0. The third kappa shape index (κ3) is 4.34. The van der Waals surface area contributed by atoms with Crippen molar-refractivity contribution in [2.45, 2.75) is 37.7 Å². The Morgan fingerprint density at radius 3 is 2.60 bits per heavy atom. The molecule has 0 radical (unpaired) electrons. The van der Waals surface area contributed by atoms with Gasteiger partial charge in [0.25, 0.3) is 0 Å². The van der Waals surface area contributed by atoms with Gasteiger partial charge in [0, 0.05) is 6.04 Å². The third-order valence-corrected chi connectivity index (χ3v) is 2.35. The van der Waals surface area contributed by atoms with E-state index in [0.717, 1.165) is 25.8 Å². The van der Waals surface area contributed by atoms with Crippen LogP contribution in [0.3, 0.4) is 0 Å². The maximum Gasteiger partial charge on any atom is 0.330 e. The van der Waals surface area contributed by atoms with Gasteiger partial charge in [0.15, 0.2) is 0 Å². The smallest absolute Gasteiger partial charge is 0.330 e. The molecule has 0 amide bonds. The normalized spacial score (nSPS) is 23.4. The standard InChI is InChI=1S/C9H15F4NO/c10-8(11)9(12,13)6-15-5-7-3-1-2-4-14-7/h7-8,14H,1-6H2. The van der Waals surface area contributed by atoms with Gasteiger partial charge < -0.3 is 10.1 Å². The van der Waals surface area contributed by atoms with Crippen LogP contribution in [0.1, 0.15) is 19.3 Å². The summed E-state index contributed by atoms with van der Waals surface area (Å²) < 4.78 is 52.9. The Labute approximate surface area is 86.0 Å².